The molecule has 0 amide bonds. The molecule has 1 fully saturated rings. The number of hydrogen-bond donors (Lipinski definition) is 1. The fraction of sp³-hybridized carbons (Fsp3) is 0.500. The minimum absolute atomic E-state index is 0.0377. The van der Waals surface area contributed by atoms with E-state index in [4.69, 9.17) is 10.5 Å². The number of benzene rings is 1. The highest BCUT2D eigenvalue weighted by molar-refractivity contribution is 5.81. The van der Waals surface area contributed by atoms with Crippen molar-refractivity contribution in [3.05, 3.63) is 23.8 Å². The Labute approximate surface area is 107 Å². The molecule has 1 aliphatic rings. The molecule has 0 aliphatic heterocycles. The van der Waals surface area contributed by atoms with Crippen molar-refractivity contribution < 1.29 is 4.74 Å². The standard InChI is InChI=1S/C14H19N3O/c1-10-5-3-6-11-12(10)17(13(15)16-11)9-14(18-2)7-4-8-14/h3,5-6H,4,7-9H2,1-2H3,(H2,15,16). The number of rotatable bonds is 3. The first kappa shape index (κ1) is 11.5. The van der Waals surface area contributed by atoms with Crippen LogP contribution in [0.3, 0.4) is 0 Å². The van der Waals surface area contributed by atoms with Gasteiger partial charge in [0, 0.05) is 7.11 Å². The number of ether oxygens (including phenoxy) is 1. The number of nitrogens with two attached hydrogens (primary N) is 1. The number of imidazole rings is 1. The van der Waals surface area contributed by atoms with E-state index in [1.54, 1.807) is 7.11 Å². The molecule has 1 aromatic carbocycles. The first-order chi connectivity index (χ1) is 8.65. The monoisotopic (exact) mass is 245 g/mol. The first-order valence-electron chi connectivity index (χ1n) is 6.42. The maximum Gasteiger partial charge on any atom is 0.201 e. The molecule has 0 unspecified atom stereocenters. The predicted octanol–water partition coefficient (Wildman–Crippen LogP) is 2.50. The molecule has 2 aromatic rings. The van der Waals surface area contributed by atoms with Crippen LogP contribution in [0.5, 0.6) is 0 Å². The summed E-state index contributed by atoms with van der Waals surface area (Å²) >= 11 is 0. The lowest BCUT2D eigenvalue weighted by atomic mass is 9.80. The van der Waals surface area contributed by atoms with Gasteiger partial charge in [0.05, 0.1) is 23.2 Å². The number of aromatic nitrogens is 2. The minimum Gasteiger partial charge on any atom is -0.376 e. The van der Waals surface area contributed by atoms with E-state index < -0.39 is 0 Å². The van der Waals surface area contributed by atoms with Crippen molar-refractivity contribution in [1.29, 1.82) is 0 Å². The molecule has 0 bridgehead atoms. The largest absolute Gasteiger partial charge is 0.376 e. The Kier molecular flexibility index (Phi) is 2.55. The van der Waals surface area contributed by atoms with Gasteiger partial charge >= 0.3 is 0 Å². The van der Waals surface area contributed by atoms with Crippen LogP contribution in [0.1, 0.15) is 24.8 Å². The fourth-order valence-corrected chi connectivity index (χ4v) is 2.83. The fourth-order valence-electron chi connectivity index (χ4n) is 2.83. The molecule has 4 heteroatoms. The van der Waals surface area contributed by atoms with Crippen molar-refractivity contribution in [2.75, 3.05) is 12.8 Å². The summed E-state index contributed by atoms with van der Waals surface area (Å²) in [6.07, 6.45) is 3.45. The molecule has 0 atom stereocenters. The summed E-state index contributed by atoms with van der Waals surface area (Å²) in [5, 5.41) is 0. The highest BCUT2D eigenvalue weighted by Gasteiger charge is 2.38. The van der Waals surface area contributed by atoms with Crippen LogP contribution in [0.4, 0.5) is 5.95 Å². The van der Waals surface area contributed by atoms with E-state index in [1.807, 2.05) is 12.1 Å². The van der Waals surface area contributed by atoms with E-state index in [0.29, 0.717) is 5.95 Å². The second kappa shape index (κ2) is 3.99. The molecular formula is C14H19N3O. The summed E-state index contributed by atoms with van der Waals surface area (Å²) in [5.41, 5.74) is 9.34. The van der Waals surface area contributed by atoms with Gasteiger partial charge in [0.1, 0.15) is 0 Å². The Balaban J connectivity index is 2.08. The molecule has 96 valence electrons. The van der Waals surface area contributed by atoms with Gasteiger partial charge in [0.15, 0.2) is 0 Å². The lowest BCUT2D eigenvalue weighted by Gasteiger charge is -2.41. The molecule has 2 N–H and O–H groups in total. The molecule has 0 radical (unpaired) electrons. The van der Waals surface area contributed by atoms with Crippen molar-refractivity contribution in [2.24, 2.45) is 0 Å². The Morgan fingerprint density at radius 1 is 1.44 bits per heavy atom. The molecule has 1 heterocycles. The third kappa shape index (κ3) is 1.60. The normalized spacial score (nSPS) is 17.9. The van der Waals surface area contributed by atoms with Crippen LogP contribution >= 0.6 is 0 Å². The molecular weight excluding hydrogens is 226 g/mol. The molecule has 0 spiro atoms. The Bertz CT molecular complexity index is 578. The van der Waals surface area contributed by atoms with E-state index in [1.165, 1.54) is 12.0 Å². The van der Waals surface area contributed by atoms with Crippen molar-refractivity contribution >= 4 is 17.0 Å². The van der Waals surface area contributed by atoms with Crippen LogP contribution < -0.4 is 5.73 Å². The second-order valence-corrected chi connectivity index (χ2v) is 5.24. The molecule has 3 rings (SSSR count). The van der Waals surface area contributed by atoms with Gasteiger partial charge in [-0.15, -0.1) is 0 Å². The predicted molar refractivity (Wildman–Crippen MR) is 72.5 cm³/mol. The topological polar surface area (TPSA) is 53.1 Å². The van der Waals surface area contributed by atoms with E-state index in [2.05, 4.69) is 22.5 Å². The first-order valence-corrected chi connectivity index (χ1v) is 6.42. The maximum atomic E-state index is 6.06. The SMILES string of the molecule is COC1(Cn2c(N)nc3cccc(C)c32)CCC1. The van der Waals surface area contributed by atoms with Crippen molar-refractivity contribution in [3.8, 4) is 0 Å². The van der Waals surface area contributed by atoms with Crippen molar-refractivity contribution in [2.45, 2.75) is 38.3 Å². The van der Waals surface area contributed by atoms with Crippen molar-refractivity contribution in [3.63, 3.8) is 0 Å². The summed E-state index contributed by atoms with van der Waals surface area (Å²) in [5.74, 6) is 0.586. The average Bonchev–Trinajstić information content (AvgIpc) is 2.61. The maximum absolute atomic E-state index is 6.06. The third-order valence-corrected chi connectivity index (χ3v) is 4.14. The number of fused-ring (bicyclic) bond motifs is 1. The van der Waals surface area contributed by atoms with Crippen LogP contribution in [-0.2, 0) is 11.3 Å². The second-order valence-electron chi connectivity index (χ2n) is 5.24. The van der Waals surface area contributed by atoms with E-state index in [-0.39, 0.29) is 5.60 Å². The summed E-state index contributed by atoms with van der Waals surface area (Å²) in [7, 11) is 1.79. The Hall–Kier alpha value is -1.55. The van der Waals surface area contributed by atoms with Gasteiger partial charge in [0.25, 0.3) is 0 Å². The van der Waals surface area contributed by atoms with Crippen LogP contribution in [0.2, 0.25) is 0 Å². The number of nitrogens with zero attached hydrogens (tertiary/aromatic N) is 2. The van der Waals surface area contributed by atoms with E-state index >= 15 is 0 Å². The number of anilines is 1. The van der Waals surface area contributed by atoms with Gasteiger partial charge in [-0.1, -0.05) is 12.1 Å². The van der Waals surface area contributed by atoms with Gasteiger partial charge < -0.3 is 15.0 Å². The van der Waals surface area contributed by atoms with Gasteiger partial charge in [-0.3, -0.25) is 0 Å². The van der Waals surface area contributed by atoms with E-state index in [0.717, 1.165) is 30.4 Å². The minimum atomic E-state index is -0.0377. The summed E-state index contributed by atoms with van der Waals surface area (Å²) in [6.45, 7) is 2.90. The zero-order valence-electron chi connectivity index (χ0n) is 10.9. The van der Waals surface area contributed by atoms with Crippen LogP contribution in [-0.4, -0.2) is 22.3 Å². The number of methoxy groups -OCH3 is 1. The van der Waals surface area contributed by atoms with Gasteiger partial charge in [-0.05, 0) is 37.8 Å². The molecule has 1 saturated carbocycles. The zero-order valence-corrected chi connectivity index (χ0v) is 10.9. The molecule has 0 saturated heterocycles. The van der Waals surface area contributed by atoms with Crippen LogP contribution in [0.25, 0.3) is 11.0 Å². The quantitative estimate of drug-likeness (QED) is 0.904. The average molecular weight is 245 g/mol. The summed E-state index contributed by atoms with van der Waals surface area (Å²) in [6, 6.07) is 6.12. The summed E-state index contributed by atoms with van der Waals surface area (Å²) in [4.78, 5) is 4.44. The lowest BCUT2D eigenvalue weighted by Crippen LogP contribution is -2.43. The van der Waals surface area contributed by atoms with Crippen LogP contribution in [0, 0.1) is 6.92 Å². The Morgan fingerprint density at radius 3 is 2.83 bits per heavy atom. The molecule has 4 nitrogen and oxygen atoms in total. The zero-order chi connectivity index (χ0) is 12.8. The lowest BCUT2D eigenvalue weighted by molar-refractivity contribution is -0.0824. The summed E-state index contributed by atoms with van der Waals surface area (Å²) < 4.78 is 7.79. The smallest absolute Gasteiger partial charge is 0.201 e. The number of hydrogen-bond acceptors (Lipinski definition) is 3. The molecule has 1 aliphatic carbocycles. The van der Waals surface area contributed by atoms with Crippen LogP contribution in [0.15, 0.2) is 18.2 Å². The number of para-hydroxylation sites is 1. The van der Waals surface area contributed by atoms with E-state index in [9.17, 15) is 0 Å². The van der Waals surface area contributed by atoms with Gasteiger partial charge in [0.2, 0.25) is 5.95 Å². The van der Waals surface area contributed by atoms with Gasteiger partial charge in [-0.25, -0.2) is 4.98 Å². The molecule has 1 aromatic heterocycles. The highest BCUT2D eigenvalue weighted by atomic mass is 16.5. The molecule has 18 heavy (non-hydrogen) atoms. The third-order valence-electron chi connectivity index (χ3n) is 4.14. The van der Waals surface area contributed by atoms with Crippen molar-refractivity contribution in [1.82, 2.24) is 9.55 Å². The Morgan fingerprint density at radius 2 is 2.22 bits per heavy atom. The van der Waals surface area contributed by atoms with Gasteiger partial charge in [-0.2, -0.15) is 0 Å². The highest BCUT2D eigenvalue weighted by Crippen LogP contribution is 2.38. The number of nitrogen functional groups attached to an aromatic ring is 1. The number of aryl methyl sites for hydroxylation is 1.